The van der Waals surface area contributed by atoms with Gasteiger partial charge >= 0.3 is 160 Å². The summed E-state index contributed by atoms with van der Waals surface area (Å²) in [6, 6.07) is 0. The van der Waals surface area contributed by atoms with Crippen molar-refractivity contribution in [2.45, 2.75) is 52.6 Å². The molecule has 9 heteroatoms. The van der Waals surface area contributed by atoms with Gasteiger partial charge in [0.1, 0.15) is 0 Å². The van der Waals surface area contributed by atoms with E-state index in [1.165, 1.54) is 0 Å². The van der Waals surface area contributed by atoms with Gasteiger partial charge in [-0.15, -0.1) is 0 Å². The third kappa shape index (κ3) is 11.6. The first-order chi connectivity index (χ1) is 11.3. The predicted octanol–water partition coefficient (Wildman–Crippen LogP) is 2.17. The minimum absolute atomic E-state index is 0.154. The Bertz CT molecular complexity index is 439. The van der Waals surface area contributed by atoms with Gasteiger partial charge in [-0.25, -0.2) is 0 Å². The van der Waals surface area contributed by atoms with Crippen LogP contribution in [0.25, 0.3) is 0 Å². The molecule has 0 aromatic heterocycles. The topological polar surface area (TPSA) is 62.4 Å². The number of rotatable bonds is 8. The Labute approximate surface area is 159 Å². The fraction of sp³-hybridized carbons (Fsp3) is 0.750. The molecule has 0 bridgehead atoms. The van der Waals surface area contributed by atoms with E-state index in [4.69, 9.17) is 0 Å². The van der Waals surface area contributed by atoms with Crippen molar-refractivity contribution in [2.24, 2.45) is 20.4 Å². The number of hydrazone groups is 4. The summed E-state index contributed by atoms with van der Waals surface area (Å²) in [4.78, 5) is 0. The molecule has 0 fully saturated rings. The summed E-state index contributed by atoms with van der Waals surface area (Å²) in [5.74, 6) is 0. The van der Waals surface area contributed by atoms with E-state index in [2.05, 4.69) is 61.9 Å². The van der Waals surface area contributed by atoms with E-state index < -0.39 is 0 Å². The van der Waals surface area contributed by atoms with Gasteiger partial charge in [0.15, 0.2) is 0 Å². The van der Waals surface area contributed by atoms with Gasteiger partial charge in [0.25, 0.3) is 0 Å². The summed E-state index contributed by atoms with van der Waals surface area (Å²) in [5, 5.41) is 20.9. The van der Waals surface area contributed by atoms with Gasteiger partial charge in [-0.2, -0.15) is 0 Å². The van der Waals surface area contributed by atoms with Crippen LogP contribution >= 0.6 is 0 Å². The maximum atomic E-state index is 4.55. The third-order valence-electron chi connectivity index (χ3n) is 2.27. The normalized spacial score (nSPS) is 13.7. The van der Waals surface area contributed by atoms with Gasteiger partial charge in [0, 0.05) is 0 Å². The Kier molecular flexibility index (Phi) is 9.74. The van der Waals surface area contributed by atoms with Crippen LogP contribution in [0, 0.1) is 0 Å². The average molecular weight is 394 g/mol. The first-order valence-electron chi connectivity index (χ1n) is 8.05. The van der Waals surface area contributed by atoms with Crippen LogP contribution in [0.4, 0.5) is 0 Å². The van der Waals surface area contributed by atoms with Crippen molar-refractivity contribution < 1.29 is 15.4 Å². The molecule has 0 aliphatic rings. The third-order valence-corrected chi connectivity index (χ3v) is 4.42. The van der Waals surface area contributed by atoms with Gasteiger partial charge < -0.3 is 0 Å². The molecule has 0 N–H and O–H groups in total. The number of hydrogen-bond acceptors (Lipinski definition) is 8. The second-order valence-electron chi connectivity index (χ2n) is 7.66. The Morgan fingerprint density at radius 3 is 1.08 bits per heavy atom. The fourth-order valence-electron chi connectivity index (χ4n) is 1.16. The summed E-state index contributed by atoms with van der Waals surface area (Å²) in [6.45, 7) is 12.7. The van der Waals surface area contributed by atoms with Gasteiger partial charge in [0.05, 0.1) is 0 Å². The second-order valence-corrected chi connectivity index (χ2v) is 8.82. The standard InChI is InChI=1S/2C8H17N4.Fe/c2*1-8(2,3)11-9-6-7-10-12(4)5;/h2*6-7H,1-5H3;/q2*-1;+2. The number of hydrogen-bond donors (Lipinski definition) is 0. The molecule has 0 saturated heterocycles. The van der Waals surface area contributed by atoms with E-state index in [1.807, 2.05) is 36.2 Å². The Morgan fingerprint density at radius 1 is 0.560 bits per heavy atom. The average Bonchev–Trinajstić information content (AvgIpc) is 2.41. The zero-order valence-electron chi connectivity index (χ0n) is 17.2. The van der Waals surface area contributed by atoms with E-state index in [-0.39, 0.29) is 11.1 Å². The molecule has 0 rings (SSSR count). The molecule has 0 heterocycles. The molecule has 0 unspecified atom stereocenters. The van der Waals surface area contributed by atoms with Crippen LogP contribution in [0.5, 0.6) is 0 Å². The Balaban J connectivity index is 5.27. The Hall–Kier alpha value is -1.60. The van der Waals surface area contributed by atoms with Gasteiger partial charge in [-0.3, -0.25) is 0 Å². The van der Waals surface area contributed by atoms with E-state index in [9.17, 15) is 0 Å². The zero-order valence-corrected chi connectivity index (χ0v) is 18.3. The van der Waals surface area contributed by atoms with Crippen LogP contribution in [0.2, 0.25) is 0 Å². The van der Waals surface area contributed by atoms with Gasteiger partial charge in [-0.1, -0.05) is 0 Å². The second kappa shape index (κ2) is 10.4. The molecule has 8 nitrogen and oxygen atoms in total. The molecule has 146 valence electrons. The summed E-state index contributed by atoms with van der Waals surface area (Å²) in [5.41, 5.74) is -0.307. The number of nitrogens with zero attached hydrogens (tertiary/aromatic N) is 8. The predicted molar refractivity (Wildman–Crippen MR) is 105 cm³/mol. The summed E-state index contributed by atoms with van der Waals surface area (Å²) < 4.78 is 3.97. The molecule has 0 aliphatic heterocycles. The van der Waals surface area contributed by atoms with Gasteiger partial charge in [0.2, 0.25) is 0 Å². The molecule has 25 heavy (non-hydrogen) atoms. The van der Waals surface area contributed by atoms with Crippen LogP contribution in [-0.4, -0.2) is 82.2 Å². The molecule has 0 aromatic carbocycles. The van der Waals surface area contributed by atoms with E-state index in [0.29, 0.717) is 15.4 Å². The molecular formula is C16H34FeN8. The molecule has 0 saturated carbocycles. The fourth-order valence-corrected chi connectivity index (χ4v) is 2.28. The molecule has 0 amide bonds. The van der Waals surface area contributed by atoms with Crippen LogP contribution in [-0.2, 0) is 15.4 Å². The first kappa shape index (κ1) is 23.4. The zero-order chi connectivity index (χ0) is 19.7. The molecule has 0 atom stereocenters. The van der Waals surface area contributed by atoms with Crippen molar-refractivity contribution in [3.05, 3.63) is 0 Å². The molecule has 0 aromatic rings. The molecule has 0 radical (unpaired) electrons. The van der Waals surface area contributed by atoms with Crippen molar-refractivity contribution in [1.29, 1.82) is 0 Å². The van der Waals surface area contributed by atoms with Crippen molar-refractivity contribution in [3.63, 3.8) is 0 Å². The van der Waals surface area contributed by atoms with Crippen LogP contribution in [0.1, 0.15) is 41.5 Å². The quantitative estimate of drug-likeness (QED) is 0.360. The molecule has 0 aliphatic carbocycles. The van der Waals surface area contributed by atoms with E-state index in [0.717, 1.165) is 0 Å². The van der Waals surface area contributed by atoms with E-state index >= 15 is 0 Å². The summed E-state index contributed by atoms with van der Waals surface area (Å²) >= 11 is 0.547. The van der Waals surface area contributed by atoms with Crippen molar-refractivity contribution in [2.75, 3.05) is 28.2 Å². The minimum atomic E-state index is -0.154. The maximum absolute atomic E-state index is 4.55. The van der Waals surface area contributed by atoms with Crippen molar-refractivity contribution in [1.82, 2.24) is 18.1 Å². The summed E-state index contributed by atoms with van der Waals surface area (Å²) in [6.07, 6.45) is 6.74. The Morgan fingerprint density at radius 2 is 0.840 bits per heavy atom. The van der Waals surface area contributed by atoms with Crippen molar-refractivity contribution >= 4 is 24.9 Å². The first-order valence-corrected chi connectivity index (χ1v) is 9.04. The van der Waals surface area contributed by atoms with Crippen LogP contribution in [0.3, 0.4) is 0 Å². The molecule has 0 spiro atoms. The SMILES string of the molecule is CN(C)N=CC=N[N]([Fe][N](N=CC=NN(C)C)C(C)(C)C)C(C)(C)C. The van der Waals surface area contributed by atoms with Crippen LogP contribution in [0.15, 0.2) is 20.4 Å². The van der Waals surface area contributed by atoms with Gasteiger partial charge in [-0.05, 0) is 0 Å². The summed E-state index contributed by atoms with van der Waals surface area (Å²) in [7, 11) is 7.49. The van der Waals surface area contributed by atoms with Crippen LogP contribution < -0.4 is 0 Å². The van der Waals surface area contributed by atoms with Crippen molar-refractivity contribution in [3.8, 4) is 0 Å². The van der Waals surface area contributed by atoms with E-state index in [1.54, 1.807) is 34.9 Å². The molecular weight excluding hydrogens is 360 g/mol. The monoisotopic (exact) mass is 394 g/mol.